The van der Waals surface area contributed by atoms with E-state index in [0.717, 1.165) is 23.8 Å². The first kappa shape index (κ1) is 13.1. The Hall–Kier alpha value is -0.300. The van der Waals surface area contributed by atoms with Gasteiger partial charge in [-0.05, 0) is 69.2 Å². The topological polar surface area (TPSA) is 12.0 Å². The summed E-state index contributed by atoms with van der Waals surface area (Å²) in [6, 6.07) is 0.796. The molecule has 0 aromatic rings. The van der Waals surface area contributed by atoms with Crippen LogP contribution in [0.5, 0.6) is 0 Å². The van der Waals surface area contributed by atoms with E-state index in [1.165, 1.54) is 57.9 Å². The van der Waals surface area contributed by atoms with Crippen LogP contribution in [-0.4, -0.2) is 12.6 Å². The summed E-state index contributed by atoms with van der Waals surface area (Å²) in [6.45, 7) is 7.31. The molecule has 0 aliphatic heterocycles. The van der Waals surface area contributed by atoms with Crippen LogP contribution in [0.3, 0.4) is 0 Å². The Kier molecular flexibility index (Phi) is 5.09. The second-order valence-corrected chi connectivity index (χ2v) is 6.12. The molecular formula is C16H29N. The van der Waals surface area contributed by atoms with Crippen molar-refractivity contribution >= 4 is 0 Å². The van der Waals surface area contributed by atoms with E-state index in [1.54, 1.807) is 0 Å². The molecule has 0 saturated heterocycles. The fourth-order valence-corrected chi connectivity index (χ4v) is 4.07. The zero-order chi connectivity index (χ0) is 12.1. The Labute approximate surface area is 107 Å². The largest absolute Gasteiger partial charge is 0.314 e. The van der Waals surface area contributed by atoms with Crippen molar-refractivity contribution in [2.24, 2.45) is 17.8 Å². The van der Waals surface area contributed by atoms with Gasteiger partial charge in [0.05, 0.1) is 0 Å². The van der Waals surface area contributed by atoms with Gasteiger partial charge in [0.15, 0.2) is 0 Å². The summed E-state index contributed by atoms with van der Waals surface area (Å²) in [4.78, 5) is 0. The maximum atomic E-state index is 3.83. The van der Waals surface area contributed by atoms with Gasteiger partial charge in [-0.15, -0.1) is 6.58 Å². The minimum atomic E-state index is 0.796. The maximum absolute atomic E-state index is 3.83. The van der Waals surface area contributed by atoms with E-state index in [-0.39, 0.29) is 0 Å². The summed E-state index contributed by atoms with van der Waals surface area (Å²) in [5, 5.41) is 3.82. The van der Waals surface area contributed by atoms with Crippen LogP contribution in [0, 0.1) is 17.8 Å². The molecule has 17 heavy (non-hydrogen) atoms. The second kappa shape index (κ2) is 6.58. The molecule has 2 rings (SSSR count). The molecule has 2 bridgehead atoms. The molecule has 2 saturated carbocycles. The van der Waals surface area contributed by atoms with Gasteiger partial charge < -0.3 is 5.32 Å². The highest BCUT2D eigenvalue weighted by molar-refractivity contribution is 4.95. The third-order valence-corrected chi connectivity index (χ3v) is 4.89. The molecule has 1 nitrogen and oxygen atoms in total. The lowest BCUT2D eigenvalue weighted by Crippen LogP contribution is -2.39. The summed E-state index contributed by atoms with van der Waals surface area (Å²) in [6.07, 6.45) is 13.3. The molecular weight excluding hydrogens is 206 g/mol. The quantitative estimate of drug-likeness (QED) is 0.492. The Morgan fingerprint density at radius 1 is 1.35 bits per heavy atom. The monoisotopic (exact) mass is 235 g/mol. The lowest BCUT2D eigenvalue weighted by molar-refractivity contribution is 0.236. The maximum Gasteiger partial charge on any atom is 0.00981 e. The van der Waals surface area contributed by atoms with E-state index in [1.807, 2.05) is 0 Å². The first-order chi connectivity index (χ1) is 8.35. The Morgan fingerprint density at radius 2 is 2.24 bits per heavy atom. The van der Waals surface area contributed by atoms with Gasteiger partial charge >= 0.3 is 0 Å². The molecule has 0 amide bonds. The van der Waals surface area contributed by atoms with E-state index in [0.29, 0.717) is 0 Å². The molecule has 0 spiro atoms. The number of allylic oxidation sites excluding steroid dienone is 1. The highest BCUT2D eigenvalue weighted by atomic mass is 14.9. The van der Waals surface area contributed by atoms with Crippen molar-refractivity contribution in [3.63, 3.8) is 0 Å². The molecule has 1 heteroatoms. The zero-order valence-corrected chi connectivity index (χ0v) is 11.5. The first-order valence-electron chi connectivity index (χ1n) is 7.69. The van der Waals surface area contributed by atoms with Crippen molar-refractivity contribution < 1.29 is 0 Å². The molecule has 0 aromatic carbocycles. The third-order valence-electron chi connectivity index (χ3n) is 4.89. The number of hydrogen-bond acceptors (Lipinski definition) is 1. The van der Waals surface area contributed by atoms with Crippen molar-refractivity contribution in [3.8, 4) is 0 Å². The molecule has 2 aliphatic carbocycles. The Balaban J connectivity index is 1.83. The van der Waals surface area contributed by atoms with Crippen LogP contribution in [-0.2, 0) is 0 Å². The van der Waals surface area contributed by atoms with Crippen molar-refractivity contribution in [2.75, 3.05) is 6.54 Å². The summed E-state index contributed by atoms with van der Waals surface area (Å²) in [5.74, 6) is 3.12. The normalized spacial score (nSPS) is 32.9. The van der Waals surface area contributed by atoms with Crippen LogP contribution in [0.4, 0.5) is 0 Å². The van der Waals surface area contributed by atoms with Crippen LogP contribution >= 0.6 is 0 Å². The second-order valence-electron chi connectivity index (χ2n) is 6.12. The summed E-state index contributed by atoms with van der Waals surface area (Å²) >= 11 is 0. The number of hydrogen-bond donors (Lipinski definition) is 1. The average Bonchev–Trinajstić information content (AvgIpc) is 2.95. The standard InChI is InChI=1S/C16H29N/c1-3-5-6-7-16(17-10-4-2)15-12-13-8-9-14(15)11-13/h3,13-17H,1,4-12H2,2H3. The van der Waals surface area contributed by atoms with Crippen molar-refractivity contribution in [1.29, 1.82) is 0 Å². The molecule has 0 aromatic heterocycles. The predicted molar refractivity (Wildman–Crippen MR) is 75.1 cm³/mol. The van der Waals surface area contributed by atoms with Gasteiger partial charge in [0.2, 0.25) is 0 Å². The lowest BCUT2D eigenvalue weighted by Gasteiger charge is -2.31. The minimum absolute atomic E-state index is 0.796. The molecule has 0 radical (unpaired) electrons. The fourth-order valence-electron chi connectivity index (χ4n) is 4.07. The van der Waals surface area contributed by atoms with Crippen LogP contribution in [0.15, 0.2) is 12.7 Å². The van der Waals surface area contributed by atoms with Crippen molar-refractivity contribution in [1.82, 2.24) is 5.32 Å². The van der Waals surface area contributed by atoms with Gasteiger partial charge in [0.1, 0.15) is 0 Å². The van der Waals surface area contributed by atoms with Crippen LogP contribution < -0.4 is 5.32 Å². The van der Waals surface area contributed by atoms with Gasteiger partial charge in [-0.2, -0.15) is 0 Å². The van der Waals surface area contributed by atoms with E-state index < -0.39 is 0 Å². The smallest absolute Gasteiger partial charge is 0.00981 e. The van der Waals surface area contributed by atoms with E-state index in [4.69, 9.17) is 0 Å². The predicted octanol–water partition coefficient (Wildman–Crippen LogP) is 4.15. The fraction of sp³-hybridized carbons (Fsp3) is 0.875. The molecule has 1 N–H and O–H groups in total. The molecule has 4 atom stereocenters. The number of nitrogens with one attached hydrogen (secondary N) is 1. The molecule has 2 aliphatic rings. The van der Waals surface area contributed by atoms with Crippen molar-refractivity contribution in [3.05, 3.63) is 12.7 Å². The van der Waals surface area contributed by atoms with Gasteiger partial charge in [0, 0.05) is 6.04 Å². The number of unbranched alkanes of at least 4 members (excludes halogenated alkanes) is 1. The van der Waals surface area contributed by atoms with E-state index >= 15 is 0 Å². The molecule has 0 heterocycles. The van der Waals surface area contributed by atoms with Gasteiger partial charge in [-0.3, -0.25) is 0 Å². The summed E-state index contributed by atoms with van der Waals surface area (Å²) in [7, 11) is 0. The molecule has 2 fully saturated rings. The van der Waals surface area contributed by atoms with Crippen LogP contribution in [0.25, 0.3) is 0 Å². The zero-order valence-electron chi connectivity index (χ0n) is 11.5. The van der Waals surface area contributed by atoms with Gasteiger partial charge in [-0.25, -0.2) is 0 Å². The first-order valence-corrected chi connectivity index (χ1v) is 7.69. The van der Waals surface area contributed by atoms with Gasteiger partial charge in [-0.1, -0.05) is 19.4 Å². The van der Waals surface area contributed by atoms with Gasteiger partial charge in [0.25, 0.3) is 0 Å². The number of rotatable bonds is 8. The number of fused-ring (bicyclic) bond motifs is 2. The van der Waals surface area contributed by atoms with Crippen molar-refractivity contribution in [2.45, 2.75) is 64.3 Å². The van der Waals surface area contributed by atoms with E-state index in [9.17, 15) is 0 Å². The highest BCUT2D eigenvalue weighted by Gasteiger charge is 2.42. The Bertz CT molecular complexity index is 236. The van der Waals surface area contributed by atoms with E-state index in [2.05, 4.69) is 24.9 Å². The molecule has 4 unspecified atom stereocenters. The highest BCUT2D eigenvalue weighted by Crippen LogP contribution is 2.50. The Morgan fingerprint density at radius 3 is 2.82 bits per heavy atom. The average molecular weight is 235 g/mol. The van der Waals surface area contributed by atoms with Crippen LogP contribution in [0.1, 0.15) is 58.3 Å². The molecule has 98 valence electrons. The van der Waals surface area contributed by atoms with Crippen LogP contribution in [0.2, 0.25) is 0 Å². The SMILES string of the molecule is C=CCCCC(NCCC)C1CC2CCC1C2. The summed E-state index contributed by atoms with van der Waals surface area (Å²) in [5.41, 5.74) is 0. The third kappa shape index (κ3) is 3.34. The minimum Gasteiger partial charge on any atom is -0.314 e. The lowest BCUT2D eigenvalue weighted by atomic mass is 9.81. The summed E-state index contributed by atoms with van der Waals surface area (Å²) < 4.78 is 0.